The first-order valence-electron chi connectivity index (χ1n) is 4.70. The van der Waals surface area contributed by atoms with Crippen molar-refractivity contribution in [2.75, 3.05) is 0 Å². The highest BCUT2D eigenvalue weighted by Gasteiger charge is 2.51. The summed E-state index contributed by atoms with van der Waals surface area (Å²) in [5, 5.41) is 0. The van der Waals surface area contributed by atoms with Crippen LogP contribution in [0.2, 0.25) is 0 Å². The van der Waals surface area contributed by atoms with Gasteiger partial charge >= 0.3 is 0 Å². The van der Waals surface area contributed by atoms with E-state index in [9.17, 15) is 0 Å². The Balaban J connectivity index is 2.00. The van der Waals surface area contributed by atoms with Gasteiger partial charge in [-0.3, -0.25) is 0 Å². The van der Waals surface area contributed by atoms with E-state index >= 15 is 0 Å². The number of rotatable bonds is 1. The minimum Gasteiger partial charge on any atom is -0.0625 e. The molecule has 0 bridgehead atoms. The Morgan fingerprint density at radius 1 is 1.20 bits per heavy atom. The molecule has 0 amide bonds. The van der Waals surface area contributed by atoms with E-state index in [1.54, 1.807) is 12.8 Å². The molecule has 10 heavy (non-hydrogen) atoms. The van der Waals surface area contributed by atoms with Gasteiger partial charge in [-0.2, -0.15) is 0 Å². The van der Waals surface area contributed by atoms with Crippen LogP contribution in [0.4, 0.5) is 0 Å². The predicted molar refractivity (Wildman–Crippen MR) is 43.7 cm³/mol. The molecule has 2 saturated carbocycles. The smallest absolute Gasteiger partial charge is 0.0354 e. The molecular formula is C10H18. The van der Waals surface area contributed by atoms with Crippen molar-refractivity contribution in [3.05, 3.63) is 0 Å². The molecule has 0 aromatic rings. The minimum atomic E-state index is 0.933. The monoisotopic (exact) mass is 138 g/mol. The highest BCUT2D eigenvalue weighted by Crippen LogP contribution is 2.59. The molecule has 0 saturated heterocycles. The summed E-state index contributed by atoms with van der Waals surface area (Å²) in [5.74, 6) is 5.34. The van der Waals surface area contributed by atoms with Crippen molar-refractivity contribution < 1.29 is 0 Å². The second-order valence-electron chi connectivity index (χ2n) is 4.66. The summed E-state index contributed by atoms with van der Waals surface area (Å²) < 4.78 is 0. The number of hydrogen-bond acceptors (Lipinski definition) is 0. The molecule has 4 unspecified atom stereocenters. The Bertz CT molecular complexity index is 137. The summed E-state index contributed by atoms with van der Waals surface area (Å²) in [6.45, 7) is 7.22. The molecule has 0 aromatic heterocycles. The van der Waals surface area contributed by atoms with E-state index in [4.69, 9.17) is 0 Å². The fraction of sp³-hybridized carbons (Fsp3) is 1.00. The first-order valence-corrected chi connectivity index (χ1v) is 4.70. The van der Waals surface area contributed by atoms with Crippen LogP contribution >= 0.6 is 0 Å². The zero-order valence-electron chi connectivity index (χ0n) is 7.30. The Morgan fingerprint density at radius 3 is 2.20 bits per heavy atom. The first kappa shape index (κ1) is 6.69. The third-order valence-electron chi connectivity index (χ3n) is 3.76. The minimum absolute atomic E-state index is 0.933. The molecule has 0 aromatic carbocycles. The van der Waals surface area contributed by atoms with Crippen LogP contribution in [0.25, 0.3) is 0 Å². The average molecular weight is 138 g/mol. The third kappa shape index (κ3) is 0.810. The van der Waals surface area contributed by atoms with Gasteiger partial charge in [-0.15, -0.1) is 0 Å². The van der Waals surface area contributed by atoms with E-state index in [-0.39, 0.29) is 0 Å². The SMILES string of the molecule is CC(C)C1CC2CC2C1C. The van der Waals surface area contributed by atoms with Crippen LogP contribution in [-0.2, 0) is 0 Å². The number of hydrogen-bond donors (Lipinski definition) is 0. The van der Waals surface area contributed by atoms with Crippen molar-refractivity contribution in [1.82, 2.24) is 0 Å². The van der Waals surface area contributed by atoms with Crippen molar-refractivity contribution in [1.29, 1.82) is 0 Å². The molecule has 2 aliphatic rings. The molecule has 2 rings (SSSR count). The van der Waals surface area contributed by atoms with E-state index in [0.29, 0.717) is 0 Å². The van der Waals surface area contributed by atoms with Gasteiger partial charge in [0.2, 0.25) is 0 Å². The summed E-state index contributed by atoms with van der Waals surface area (Å²) in [5.41, 5.74) is 0. The molecule has 0 radical (unpaired) electrons. The Morgan fingerprint density at radius 2 is 1.90 bits per heavy atom. The Labute approximate surface area is 64.0 Å². The van der Waals surface area contributed by atoms with Crippen molar-refractivity contribution in [3.63, 3.8) is 0 Å². The van der Waals surface area contributed by atoms with Gasteiger partial charge in [0.15, 0.2) is 0 Å². The van der Waals surface area contributed by atoms with Crippen LogP contribution in [-0.4, -0.2) is 0 Å². The lowest BCUT2D eigenvalue weighted by molar-refractivity contribution is 0.276. The summed E-state index contributed by atoms with van der Waals surface area (Å²) in [7, 11) is 0. The maximum Gasteiger partial charge on any atom is -0.0354 e. The maximum atomic E-state index is 2.46. The number of fused-ring (bicyclic) bond motifs is 1. The fourth-order valence-corrected chi connectivity index (χ4v) is 2.95. The normalized spacial score (nSPS) is 51.6. The van der Waals surface area contributed by atoms with Crippen molar-refractivity contribution >= 4 is 0 Å². The van der Waals surface area contributed by atoms with E-state index < -0.39 is 0 Å². The Hall–Kier alpha value is 0. The van der Waals surface area contributed by atoms with Gasteiger partial charge in [0.25, 0.3) is 0 Å². The molecule has 0 heteroatoms. The molecule has 2 fully saturated rings. The molecule has 4 atom stereocenters. The van der Waals surface area contributed by atoms with Crippen molar-refractivity contribution in [2.24, 2.45) is 29.6 Å². The van der Waals surface area contributed by atoms with Crippen molar-refractivity contribution in [2.45, 2.75) is 33.6 Å². The highest BCUT2D eigenvalue weighted by molar-refractivity contribution is 5.00. The average Bonchev–Trinajstić information content (AvgIpc) is 2.54. The van der Waals surface area contributed by atoms with Gasteiger partial charge in [0, 0.05) is 0 Å². The van der Waals surface area contributed by atoms with Crippen LogP contribution in [0.15, 0.2) is 0 Å². The van der Waals surface area contributed by atoms with Crippen LogP contribution in [0.3, 0.4) is 0 Å². The van der Waals surface area contributed by atoms with Crippen molar-refractivity contribution in [3.8, 4) is 0 Å². The second-order valence-corrected chi connectivity index (χ2v) is 4.66. The zero-order valence-corrected chi connectivity index (χ0v) is 7.30. The van der Waals surface area contributed by atoms with Gasteiger partial charge in [0.05, 0.1) is 0 Å². The Kier molecular flexibility index (Phi) is 1.33. The van der Waals surface area contributed by atoms with Gasteiger partial charge in [-0.25, -0.2) is 0 Å². The van der Waals surface area contributed by atoms with Crippen LogP contribution in [0.1, 0.15) is 33.6 Å². The lowest BCUT2D eigenvalue weighted by Crippen LogP contribution is -2.14. The summed E-state index contributed by atoms with van der Waals surface area (Å²) in [6.07, 6.45) is 3.11. The molecule has 0 spiro atoms. The molecule has 58 valence electrons. The van der Waals surface area contributed by atoms with Crippen LogP contribution < -0.4 is 0 Å². The van der Waals surface area contributed by atoms with Gasteiger partial charge in [0.1, 0.15) is 0 Å². The molecule has 0 heterocycles. The van der Waals surface area contributed by atoms with E-state index in [1.807, 2.05) is 0 Å². The lowest BCUT2D eigenvalue weighted by atomic mass is 9.84. The van der Waals surface area contributed by atoms with Gasteiger partial charge in [-0.05, 0) is 42.4 Å². The van der Waals surface area contributed by atoms with E-state index in [0.717, 1.165) is 29.6 Å². The summed E-state index contributed by atoms with van der Waals surface area (Å²) in [6, 6.07) is 0. The highest BCUT2D eigenvalue weighted by atomic mass is 14.6. The van der Waals surface area contributed by atoms with Crippen LogP contribution in [0.5, 0.6) is 0 Å². The molecule has 2 aliphatic carbocycles. The first-order chi connectivity index (χ1) is 4.70. The predicted octanol–water partition coefficient (Wildman–Crippen LogP) is 2.93. The second kappa shape index (κ2) is 1.99. The fourth-order valence-electron chi connectivity index (χ4n) is 2.95. The quantitative estimate of drug-likeness (QED) is 0.522. The van der Waals surface area contributed by atoms with Gasteiger partial charge in [-0.1, -0.05) is 20.8 Å². The summed E-state index contributed by atoms with van der Waals surface area (Å²) >= 11 is 0. The molecule has 0 N–H and O–H groups in total. The summed E-state index contributed by atoms with van der Waals surface area (Å²) in [4.78, 5) is 0. The largest absolute Gasteiger partial charge is 0.0625 e. The third-order valence-corrected chi connectivity index (χ3v) is 3.76. The standard InChI is InChI=1S/C10H18/c1-6(2)9-4-8-5-10(8)7(9)3/h6-10H,4-5H2,1-3H3. The maximum absolute atomic E-state index is 2.46. The van der Waals surface area contributed by atoms with Gasteiger partial charge < -0.3 is 0 Å². The lowest BCUT2D eigenvalue weighted by Gasteiger charge is -2.22. The van der Waals surface area contributed by atoms with E-state index in [2.05, 4.69) is 20.8 Å². The molecule has 0 nitrogen and oxygen atoms in total. The topological polar surface area (TPSA) is 0 Å². The van der Waals surface area contributed by atoms with Crippen LogP contribution in [0, 0.1) is 29.6 Å². The zero-order chi connectivity index (χ0) is 7.30. The molecule has 0 aliphatic heterocycles. The molecular weight excluding hydrogens is 120 g/mol. The van der Waals surface area contributed by atoms with E-state index in [1.165, 1.54) is 0 Å².